The van der Waals surface area contributed by atoms with Gasteiger partial charge in [0.15, 0.2) is 11.5 Å². The molecule has 0 aliphatic carbocycles. The Morgan fingerprint density at radius 1 is 1.41 bits per heavy atom. The number of rotatable bonds is 5. The second kappa shape index (κ2) is 4.58. The molecule has 6 heteroatoms. The molecule has 1 aliphatic rings. The van der Waals surface area contributed by atoms with Crippen molar-refractivity contribution >= 4 is 5.69 Å². The monoisotopic (exact) mass is 239 g/mol. The molecule has 17 heavy (non-hydrogen) atoms. The molecule has 1 fully saturated rings. The molecule has 1 unspecified atom stereocenters. The summed E-state index contributed by atoms with van der Waals surface area (Å²) in [6.45, 7) is 0.658. The first kappa shape index (κ1) is 11.7. The number of benzene rings is 1. The van der Waals surface area contributed by atoms with Crippen LogP contribution < -0.4 is 9.47 Å². The maximum atomic E-state index is 11.0. The van der Waals surface area contributed by atoms with Crippen LogP contribution in [0, 0.1) is 10.1 Å². The smallest absolute Gasteiger partial charge is 0.276 e. The third-order valence-electron chi connectivity index (χ3n) is 2.63. The highest BCUT2D eigenvalue weighted by molar-refractivity contribution is 5.54. The molecular formula is C11H13NO5. The average Bonchev–Trinajstić information content (AvgIpc) is 3.12. The standard InChI is InChI=1S/C11H13NO5/c1-15-10-4-7(3-8-6-17-8)9(12(13)14)5-11(10)16-2/h4-5,8H,3,6H2,1-2H3. The van der Waals surface area contributed by atoms with E-state index in [2.05, 4.69) is 0 Å². The summed E-state index contributed by atoms with van der Waals surface area (Å²) in [5.74, 6) is 0.855. The predicted octanol–water partition coefficient (Wildman–Crippen LogP) is 1.55. The molecule has 1 atom stereocenters. The molecule has 6 nitrogen and oxygen atoms in total. The Labute approximate surface area is 98.2 Å². The van der Waals surface area contributed by atoms with Crippen LogP contribution in [-0.4, -0.2) is 31.9 Å². The van der Waals surface area contributed by atoms with Gasteiger partial charge in [-0.1, -0.05) is 0 Å². The highest BCUT2D eigenvalue weighted by Crippen LogP contribution is 2.36. The van der Waals surface area contributed by atoms with Crippen LogP contribution in [0.1, 0.15) is 5.56 Å². The van der Waals surface area contributed by atoms with Crippen molar-refractivity contribution in [3.05, 3.63) is 27.8 Å². The van der Waals surface area contributed by atoms with Crippen LogP contribution in [0.2, 0.25) is 0 Å². The first-order chi connectivity index (χ1) is 8.15. The molecule has 1 saturated heterocycles. The Bertz CT molecular complexity index is 442. The van der Waals surface area contributed by atoms with Crippen LogP contribution in [-0.2, 0) is 11.2 Å². The Morgan fingerprint density at radius 2 is 2.00 bits per heavy atom. The molecule has 0 saturated carbocycles. The van der Waals surface area contributed by atoms with E-state index in [0.717, 1.165) is 0 Å². The van der Waals surface area contributed by atoms with E-state index in [1.54, 1.807) is 6.07 Å². The minimum Gasteiger partial charge on any atom is -0.493 e. The largest absolute Gasteiger partial charge is 0.493 e. The van der Waals surface area contributed by atoms with Gasteiger partial charge in [-0.2, -0.15) is 0 Å². The lowest BCUT2D eigenvalue weighted by Crippen LogP contribution is -2.02. The molecule has 0 radical (unpaired) electrons. The molecular weight excluding hydrogens is 226 g/mol. The maximum absolute atomic E-state index is 11.0. The predicted molar refractivity (Wildman–Crippen MR) is 59.6 cm³/mol. The van der Waals surface area contributed by atoms with Crippen molar-refractivity contribution in [1.29, 1.82) is 0 Å². The number of hydrogen-bond acceptors (Lipinski definition) is 5. The summed E-state index contributed by atoms with van der Waals surface area (Å²) < 4.78 is 15.2. The van der Waals surface area contributed by atoms with E-state index >= 15 is 0 Å². The van der Waals surface area contributed by atoms with Gasteiger partial charge in [-0.25, -0.2) is 0 Å². The first-order valence-electron chi connectivity index (χ1n) is 5.16. The fraction of sp³-hybridized carbons (Fsp3) is 0.455. The normalized spacial score (nSPS) is 17.6. The number of nitrogens with zero attached hydrogens (tertiary/aromatic N) is 1. The lowest BCUT2D eigenvalue weighted by molar-refractivity contribution is -0.385. The van der Waals surface area contributed by atoms with Gasteiger partial charge in [0.05, 0.1) is 37.9 Å². The molecule has 1 aromatic carbocycles. The highest BCUT2D eigenvalue weighted by Gasteiger charge is 2.28. The zero-order chi connectivity index (χ0) is 12.4. The summed E-state index contributed by atoms with van der Waals surface area (Å²) in [6, 6.07) is 3.02. The molecule has 0 N–H and O–H groups in total. The van der Waals surface area contributed by atoms with Crippen molar-refractivity contribution in [3.8, 4) is 11.5 Å². The van der Waals surface area contributed by atoms with Gasteiger partial charge in [0.2, 0.25) is 0 Å². The SMILES string of the molecule is COc1cc(CC2CO2)c([N+](=O)[O-])cc1OC. The van der Waals surface area contributed by atoms with E-state index in [1.165, 1.54) is 20.3 Å². The summed E-state index contributed by atoms with van der Waals surface area (Å²) in [7, 11) is 2.95. The molecule has 0 amide bonds. The maximum Gasteiger partial charge on any atom is 0.276 e. The van der Waals surface area contributed by atoms with Gasteiger partial charge in [0.1, 0.15) is 0 Å². The molecule has 0 aromatic heterocycles. The fourth-order valence-electron chi connectivity index (χ4n) is 1.67. The van der Waals surface area contributed by atoms with Crippen molar-refractivity contribution in [2.24, 2.45) is 0 Å². The Kier molecular flexibility index (Phi) is 3.14. The van der Waals surface area contributed by atoms with E-state index in [9.17, 15) is 10.1 Å². The molecule has 1 heterocycles. The zero-order valence-electron chi connectivity index (χ0n) is 9.63. The lowest BCUT2D eigenvalue weighted by Gasteiger charge is -2.09. The van der Waals surface area contributed by atoms with Gasteiger partial charge in [-0.15, -0.1) is 0 Å². The third-order valence-corrected chi connectivity index (χ3v) is 2.63. The van der Waals surface area contributed by atoms with Gasteiger partial charge in [-0.05, 0) is 6.07 Å². The lowest BCUT2D eigenvalue weighted by atomic mass is 10.1. The second-order valence-corrected chi connectivity index (χ2v) is 3.75. The van der Waals surface area contributed by atoms with Crippen LogP contribution in [0.3, 0.4) is 0 Å². The number of nitro groups is 1. The first-order valence-corrected chi connectivity index (χ1v) is 5.16. The minimum absolute atomic E-state index is 0.0400. The van der Waals surface area contributed by atoms with E-state index in [0.29, 0.717) is 30.1 Å². The summed E-state index contributed by atoms with van der Waals surface area (Å²) in [4.78, 5) is 10.5. The number of ether oxygens (including phenoxy) is 3. The van der Waals surface area contributed by atoms with Crippen molar-refractivity contribution in [2.75, 3.05) is 20.8 Å². The van der Waals surface area contributed by atoms with Crippen molar-refractivity contribution < 1.29 is 19.1 Å². The highest BCUT2D eigenvalue weighted by atomic mass is 16.6. The molecule has 0 spiro atoms. The summed E-state index contributed by atoms with van der Waals surface area (Å²) in [5, 5.41) is 11.0. The van der Waals surface area contributed by atoms with Gasteiger partial charge in [-0.3, -0.25) is 10.1 Å². The molecule has 0 bridgehead atoms. The molecule has 2 rings (SSSR count). The zero-order valence-corrected chi connectivity index (χ0v) is 9.63. The Balaban J connectivity index is 2.41. The van der Waals surface area contributed by atoms with Crippen LogP contribution in [0.4, 0.5) is 5.69 Å². The van der Waals surface area contributed by atoms with Crippen LogP contribution in [0.25, 0.3) is 0 Å². The van der Waals surface area contributed by atoms with Crippen LogP contribution in [0.15, 0.2) is 12.1 Å². The average molecular weight is 239 g/mol. The van der Waals surface area contributed by atoms with Crippen LogP contribution >= 0.6 is 0 Å². The van der Waals surface area contributed by atoms with Gasteiger partial charge in [0, 0.05) is 12.0 Å². The Hall–Kier alpha value is -1.82. The second-order valence-electron chi connectivity index (χ2n) is 3.75. The summed E-state index contributed by atoms with van der Waals surface area (Å²) in [5.41, 5.74) is 0.647. The number of hydrogen-bond donors (Lipinski definition) is 0. The van der Waals surface area contributed by atoms with E-state index < -0.39 is 4.92 Å². The van der Waals surface area contributed by atoms with Gasteiger partial charge < -0.3 is 14.2 Å². The van der Waals surface area contributed by atoms with Crippen LogP contribution in [0.5, 0.6) is 11.5 Å². The molecule has 92 valence electrons. The minimum atomic E-state index is -0.417. The summed E-state index contributed by atoms with van der Waals surface area (Å²) in [6.07, 6.45) is 0.614. The third kappa shape index (κ3) is 2.47. The molecule has 1 aliphatic heterocycles. The number of epoxide rings is 1. The fourth-order valence-corrected chi connectivity index (χ4v) is 1.67. The van der Waals surface area contributed by atoms with Crippen molar-refractivity contribution in [1.82, 2.24) is 0 Å². The van der Waals surface area contributed by atoms with E-state index in [4.69, 9.17) is 14.2 Å². The topological polar surface area (TPSA) is 74.1 Å². The molecule has 1 aromatic rings. The van der Waals surface area contributed by atoms with E-state index in [1.807, 2.05) is 0 Å². The number of methoxy groups -OCH3 is 2. The van der Waals surface area contributed by atoms with E-state index in [-0.39, 0.29) is 11.8 Å². The quantitative estimate of drug-likeness (QED) is 0.442. The van der Waals surface area contributed by atoms with Gasteiger partial charge >= 0.3 is 0 Å². The van der Waals surface area contributed by atoms with Crippen molar-refractivity contribution in [3.63, 3.8) is 0 Å². The van der Waals surface area contributed by atoms with Crippen molar-refractivity contribution in [2.45, 2.75) is 12.5 Å². The summed E-state index contributed by atoms with van der Waals surface area (Å²) >= 11 is 0. The Morgan fingerprint density at radius 3 is 2.47 bits per heavy atom. The number of nitro benzene ring substituents is 1. The van der Waals surface area contributed by atoms with Gasteiger partial charge in [0.25, 0.3) is 5.69 Å².